The van der Waals surface area contributed by atoms with Crippen LogP contribution in [0.3, 0.4) is 0 Å². The molecule has 0 unspecified atom stereocenters. The number of carbonyl (C=O) groups is 1. The third-order valence-corrected chi connectivity index (χ3v) is 6.92. The molecule has 0 aliphatic heterocycles. The van der Waals surface area contributed by atoms with Crippen molar-refractivity contribution < 1.29 is 17.9 Å². The van der Waals surface area contributed by atoms with Crippen molar-refractivity contribution in [2.75, 3.05) is 18.5 Å². The molecule has 0 saturated heterocycles. The summed E-state index contributed by atoms with van der Waals surface area (Å²) in [5.74, 6) is 0.0751. The maximum Gasteiger partial charge on any atom is 0.264 e. The van der Waals surface area contributed by atoms with Crippen molar-refractivity contribution in [3.63, 3.8) is 0 Å². The minimum Gasteiger partial charge on any atom is -0.495 e. The average molecular weight is 459 g/mol. The molecular weight excluding hydrogens is 436 g/mol. The Balaban J connectivity index is 1.86. The van der Waals surface area contributed by atoms with Crippen molar-refractivity contribution in [2.45, 2.75) is 18.4 Å². The molecule has 3 rings (SSSR count). The number of para-hydroxylation sites is 2. The zero-order valence-corrected chi connectivity index (χ0v) is 19.0. The Kier molecular flexibility index (Phi) is 6.87. The van der Waals surface area contributed by atoms with Crippen LogP contribution < -0.4 is 14.4 Å². The molecule has 3 aromatic carbocycles. The van der Waals surface area contributed by atoms with E-state index in [9.17, 15) is 13.2 Å². The van der Waals surface area contributed by atoms with Gasteiger partial charge in [-0.2, -0.15) is 0 Å². The number of benzene rings is 3. The quantitative estimate of drug-likeness (QED) is 0.569. The van der Waals surface area contributed by atoms with Crippen molar-refractivity contribution >= 4 is 33.2 Å². The molecule has 0 aliphatic rings. The van der Waals surface area contributed by atoms with Gasteiger partial charge < -0.3 is 10.1 Å². The Morgan fingerprint density at radius 2 is 1.74 bits per heavy atom. The summed E-state index contributed by atoms with van der Waals surface area (Å²) in [6.45, 7) is 2.06. The summed E-state index contributed by atoms with van der Waals surface area (Å²) in [5, 5.41) is 3.44. The monoisotopic (exact) mass is 458 g/mol. The fraction of sp³-hybridized carbons (Fsp3) is 0.174. The molecule has 1 amide bonds. The van der Waals surface area contributed by atoms with Crippen LogP contribution in [0.25, 0.3) is 0 Å². The van der Waals surface area contributed by atoms with Gasteiger partial charge in [0.2, 0.25) is 0 Å². The molecular formula is C23H23ClN2O4S. The van der Waals surface area contributed by atoms with E-state index in [1.807, 2.05) is 12.1 Å². The van der Waals surface area contributed by atoms with Crippen LogP contribution in [-0.4, -0.2) is 28.5 Å². The molecule has 8 heteroatoms. The maximum absolute atomic E-state index is 13.2. The molecule has 0 spiro atoms. The van der Waals surface area contributed by atoms with Crippen LogP contribution in [0.2, 0.25) is 5.02 Å². The number of anilines is 1. The average Bonchev–Trinajstić information content (AvgIpc) is 2.78. The molecule has 0 atom stereocenters. The van der Waals surface area contributed by atoms with Gasteiger partial charge in [-0.1, -0.05) is 41.9 Å². The largest absolute Gasteiger partial charge is 0.495 e. The number of hydrogen-bond acceptors (Lipinski definition) is 4. The lowest BCUT2D eigenvalue weighted by molar-refractivity contribution is 0.0950. The summed E-state index contributed by atoms with van der Waals surface area (Å²) in [6, 6.07) is 18.5. The van der Waals surface area contributed by atoms with Crippen LogP contribution in [-0.2, 0) is 16.6 Å². The Morgan fingerprint density at radius 1 is 1.06 bits per heavy atom. The van der Waals surface area contributed by atoms with E-state index >= 15 is 0 Å². The number of halogens is 1. The lowest BCUT2D eigenvalue weighted by Gasteiger charge is -2.22. The van der Waals surface area contributed by atoms with E-state index in [1.165, 1.54) is 26.3 Å². The molecule has 6 nitrogen and oxygen atoms in total. The molecule has 31 heavy (non-hydrogen) atoms. The zero-order chi connectivity index (χ0) is 22.6. The van der Waals surface area contributed by atoms with E-state index in [4.69, 9.17) is 16.3 Å². The minimum absolute atomic E-state index is 0.0168. The normalized spacial score (nSPS) is 11.1. The second-order valence-corrected chi connectivity index (χ2v) is 9.34. The lowest BCUT2D eigenvalue weighted by atomic mass is 10.1. The van der Waals surface area contributed by atoms with Gasteiger partial charge in [0.05, 0.1) is 17.7 Å². The maximum atomic E-state index is 13.2. The molecule has 0 fully saturated rings. The Labute approximate surface area is 187 Å². The number of rotatable bonds is 7. The van der Waals surface area contributed by atoms with E-state index in [0.29, 0.717) is 34.1 Å². The third kappa shape index (κ3) is 5.00. The first kappa shape index (κ1) is 22.7. The van der Waals surface area contributed by atoms with Gasteiger partial charge in [0.1, 0.15) is 5.75 Å². The van der Waals surface area contributed by atoms with Crippen molar-refractivity contribution in [3.8, 4) is 5.75 Å². The molecule has 162 valence electrons. The van der Waals surface area contributed by atoms with Crippen LogP contribution in [0.15, 0.2) is 71.6 Å². The van der Waals surface area contributed by atoms with Gasteiger partial charge in [0.25, 0.3) is 15.9 Å². The molecule has 0 radical (unpaired) electrons. The van der Waals surface area contributed by atoms with E-state index in [-0.39, 0.29) is 10.8 Å². The summed E-state index contributed by atoms with van der Waals surface area (Å²) >= 11 is 5.88. The van der Waals surface area contributed by atoms with E-state index in [1.54, 1.807) is 49.4 Å². The fourth-order valence-electron chi connectivity index (χ4n) is 3.06. The summed E-state index contributed by atoms with van der Waals surface area (Å²) in [6.07, 6.45) is 0. The highest BCUT2D eigenvalue weighted by Crippen LogP contribution is 2.31. The highest BCUT2D eigenvalue weighted by molar-refractivity contribution is 7.92. The summed E-state index contributed by atoms with van der Waals surface area (Å²) in [7, 11) is -0.978. The van der Waals surface area contributed by atoms with Crippen LogP contribution in [0.1, 0.15) is 21.5 Å². The van der Waals surface area contributed by atoms with Crippen LogP contribution in [0.5, 0.6) is 5.75 Å². The Bertz CT molecular complexity index is 1190. The molecule has 1 N–H and O–H groups in total. The third-order valence-electron chi connectivity index (χ3n) is 4.90. The number of methoxy groups -OCH3 is 1. The van der Waals surface area contributed by atoms with Crippen molar-refractivity contribution in [1.82, 2.24) is 5.32 Å². The van der Waals surface area contributed by atoms with Crippen LogP contribution in [0.4, 0.5) is 5.69 Å². The van der Waals surface area contributed by atoms with Gasteiger partial charge in [-0.15, -0.1) is 0 Å². The number of ether oxygens (including phenoxy) is 1. The number of aryl methyl sites for hydroxylation is 1. The topological polar surface area (TPSA) is 75.7 Å². The van der Waals surface area contributed by atoms with Gasteiger partial charge >= 0.3 is 0 Å². The van der Waals surface area contributed by atoms with E-state index < -0.39 is 10.0 Å². The van der Waals surface area contributed by atoms with Gasteiger partial charge in [0.15, 0.2) is 0 Å². The number of nitrogens with zero attached hydrogens (tertiary/aromatic N) is 1. The second-order valence-electron chi connectivity index (χ2n) is 6.93. The van der Waals surface area contributed by atoms with Crippen LogP contribution >= 0.6 is 11.6 Å². The number of sulfonamides is 1. The first-order chi connectivity index (χ1) is 14.7. The number of hydrogen-bond donors (Lipinski definition) is 1. The van der Waals surface area contributed by atoms with Gasteiger partial charge in [-0.25, -0.2) is 8.42 Å². The standard InChI is InChI=1S/C23H23ClN2O4S/c1-16-8-13-19(31(28,29)26(2)21-6-4-5-7-22(21)30-3)14-20(16)23(27)25-15-17-9-11-18(24)12-10-17/h4-14H,15H2,1-3H3,(H,25,27). The fourth-order valence-corrected chi connectivity index (χ4v) is 4.42. The van der Waals surface area contributed by atoms with Gasteiger partial charge in [-0.3, -0.25) is 9.10 Å². The Morgan fingerprint density at radius 3 is 2.42 bits per heavy atom. The molecule has 0 bridgehead atoms. The Hall–Kier alpha value is -3.03. The molecule has 3 aromatic rings. The summed E-state index contributed by atoms with van der Waals surface area (Å²) < 4.78 is 32.9. The number of amides is 1. The number of nitrogens with one attached hydrogen (secondary N) is 1. The van der Waals surface area contributed by atoms with Crippen molar-refractivity contribution in [1.29, 1.82) is 0 Å². The predicted octanol–water partition coefficient (Wildman–Crippen LogP) is 4.41. The smallest absolute Gasteiger partial charge is 0.264 e. The highest BCUT2D eigenvalue weighted by atomic mass is 35.5. The van der Waals surface area contributed by atoms with E-state index in [2.05, 4.69) is 5.32 Å². The summed E-state index contributed by atoms with van der Waals surface area (Å²) in [4.78, 5) is 12.8. The molecule has 0 aliphatic carbocycles. The first-order valence-electron chi connectivity index (χ1n) is 9.49. The van der Waals surface area contributed by atoms with Crippen LogP contribution in [0, 0.1) is 6.92 Å². The van der Waals surface area contributed by atoms with Crippen molar-refractivity contribution in [3.05, 3.63) is 88.4 Å². The first-order valence-corrected chi connectivity index (χ1v) is 11.3. The SMILES string of the molecule is COc1ccccc1N(C)S(=O)(=O)c1ccc(C)c(C(=O)NCc2ccc(Cl)cc2)c1. The second kappa shape index (κ2) is 9.41. The molecule has 0 aromatic heterocycles. The lowest BCUT2D eigenvalue weighted by Crippen LogP contribution is -2.28. The number of carbonyl (C=O) groups excluding carboxylic acids is 1. The van der Waals surface area contributed by atoms with Gasteiger partial charge in [-0.05, 0) is 54.4 Å². The molecule has 0 heterocycles. The minimum atomic E-state index is -3.91. The predicted molar refractivity (Wildman–Crippen MR) is 122 cm³/mol. The zero-order valence-electron chi connectivity index (χ0n) is 17.4. The summed E-state index contributed by atoms with van der Waals surface area (Å²) in [5.41, 5.74) is 2.25. The van der Waals surface area contributed by atoms with Gasteiger partial charge in [0, 0.05) is 24.2 Å². The van der Waals surface area contributed by atoms with Crippen molar-refractivity contribution in [2.24, 2.45) is 0 Å². The highest BCUT2D eigenvalue weighted by Gasteiger charge is 2.25. The van der Waals surface area contributed by atoms with E-state index in [0.717, 1.165) is 9.87 Å². The molecule has 0 saturated carbocycles.